The zero-order valence-electron chi connectivity index (χ0n) is 9.70. The van der Waals surface area contributed by atoms with E-state index in [0.717, 1.165) is 31.3 Å². The Labute approximate surface area is 101 Å². The smallest absolute Gasteiger partial charge is 0.226 e. The Kier molecular flexibility index (Phi) is 3.61. The summed E-state index contributed by atoms with van der Waals surface area (Å²) in [7, 11) is 2.02. The molecule has 0 radical (unpaired) electrons. The van der Waals surface area contributed by atoms with Gasteiger partial charge in [-0.05, 0) is 38.4 Å². The second-order valence-corrected chi connectivity index (χ2v) is 4.76. The van der Waals surface area contributed by atoms with Gasteiger partial charge in [-0.25, -0.2) is 9.97 Å². The average molecular weight is 241 g/mol. The van der Waals surface area contributed by atoms with Gasteiger partial charge in [0, 0.05) is 19.3 Å². The van der Waals surface area contributed by atoms with E-state index in [1.165, 1.54) is 6.42 Å². The molecule has 1 N–H and O–H groups in total. The predicted molar refractivity (Wildman–Crippen MR) is 66.0 cm³/mol. The highest BCUT2D eigenvalue weighted by molar-refractivity contribution is 6.29. The molecule has 0 bridgehead atoms. The maximum Gasteiger partial charge on any atom is 0.226 e. The molecule has 2 rings (SSSR count). The normalized spacial score (nSPS) is 20.1. The quantitative estimate of drug-likeness (QED) is 0.813. The number of hydrogen-bond donors (Lipinski definition) is 1. The molecule has 0 aliphatic carbocycles. The van der Waals surface area contributed by atoms with Gasteiger partial charge in [-0.15, -0.1) is 0 Å². The number of nitrogens with zero attached hydrogens (tertiary/aromatic N) is 3. The highest BCUT2D eigenvalue weighted by Crippen LogP contribution is 2.15. The summed E-state index contributed by atoms with van der Waals surface area (Å²) < 4.78 is 0. The minimum atomic E-state index is 0.513. The van der Waals surface area contributed by atoms with Gasteiger partial charge >= 0.3 is 0 Å². The van der Waals surface area contributed by atoms with Crippen molar-refractivity contribution in [3.63, 3.8) is 0 Å². The average Bonchev–Trinajstić information content (AvgIpc) is 2.68. The van der Waals surface area contributed by atoms with E-state index in [2.05, 4.69) is 20.2 Å². The Bertz CT molecular complexity index is 343. The molecule has 1 atom stereocenters. The van der Waals surface area contributed by atoms with E-state index in [0.29, 0.717) is 11.1 Å². The monoisotopic (exact) mass is 240 g/mol. The largest absolute Gasteiger partial charge is 0.344 e. The predicted octanol–water partition coefficient (Wildman–Crippen LogP) is 1.48. The lowest BCUT2D eigenvalue weighted by atomic mass is 10.1. The van der Waals surface area contributed by atoms with Crippen molar-refractivity contribution >= 4 is 17.5 Å². The van der Waals surface area contributed by atoms with Gasteiger partial charge in [0.1, 0.15) is 5.15 Å². The van der Waals surface area contributed by atoms with Crippen LogP contribution < -0.4 is 10.2 Å². The van der Waals surface area contributed by atoms with Crippen molar-refractivity contribution in [2.24, 2.45) is 5.92 Å². The van der Waals surface area contributed by atoms with Crippen molar-refractivity contribution < 1.29 is 0 Å². The van der Waals surface area contributed by atoms with E-state index in [9.17, 15) is 0 Å². The Morgan fingerprint density at radius 2 is 2.38 bits per heavy atom. The maximum atomic E-state index is 5.92. The van der Waals surface area contributed by atoms with Crippen LogP contribution in [0.5, 0.6) is 0 Å². The van der Waals surface area contributed by atoms with E-state index in [4.69, 9.17) is 11.6 Å². The number of nitrogens with one attached hydrogen (secondary N) is 1. The Morgan fingerprint density at radius 1 is 1.56 bits per heavy atom. The van der Waals surface area contributed by atoms with Crippen molar-refractivity contribution in [2.75, 3.05) is 31.6 Å². The molecule has 1 aromatic heterocycles. The van der Waals surface area contributed by atoms with E-state index in [-0.39, 0.29) is 0 Å². The van der Waals surface area contributed by atoms with Crippen molar-refractivity contribution in [1.82, 2.24) is 15.3 Å². The summed E-state index contributed by atoms with van der Waals surface area (Å²) in [4.78, 5) is 10.7. The molecule has 0 spiro atoms. The number of aromatic nitrogens is 2. The highest BCUT2D eigenvalue weighted by Gasteiger charge is 2.17. The third kappa shape index (κ3) is 2.83. The van der Waals surface area contributed by atoms with Gasteiger partial charge in [0.15, 0.2) is 0 Å². The summed E-state index contributed by atoms with van der Waals surface area (Å²) in [5.41, 5.74) is 0.909. The first-order valence-electron chi connectivity index (χ1n) is 5.58. The third-order valence-corrected chi connectivity index (χ3v) is 3.04. The van der Waals surface area contributed by atoms with Gasteiger partial charge in [0.2, 0.25) is 5.95 Å². The lowest BCUT2D eigenvalue weighted by Crippen LogP contribution is -2.28. The van der Waals surface area contributed by atoms with Crippen molar-refractivity contribution in [3.8, 4) is 0 Å². The van der Waals surface area contributed by atoms with E-state index < -0.39 is 0 Å². The lowest BCUT2D eigenvalue weighted by molar-refractivity contribution is 0.572. The molecule has 1 aliphatic heterocycles. The first-order chi connectivity index (χ1) is 7.65. The molecule has 5 heteroatoms. The molecule has 88 valence electrons. The minimum absolute atomic E-state index is 0.513. The standard InChI is InChI=1S/C11H17ClN4/c1-8-5-10(12)15-11(14-8)16(2)7-9-3-4-13-6-9/h5,9,13H,3-4,6-7H2,1-2H3. The Balaban J connectivity index is 2.04. The molecule has 1 saturated heterocycles. The zero-order chi connectivity index (χ0) is 11.5. The second kappa shape index (κ2) is 4.97. The van der Waals surface area contributed by atoms with Crippen LogP contribution in [0.4, 0.5) is 5.95 Å². The number of rotatable bonds is 3. The number of aryl methyl sites for hydroxylation is 1. The van der Waals surface area contributed by atoms with Gasteiger partial charge < -0.3 is 10.2 Å². The number of hydrogen-bond acceptors (Lipinski definition) is 4. The van der Waals surface area contributed by atoms with Gasteiger partial charge in [0.05, 0.1) is 0 Å². The van der Waals surface area contributed by atoms with Crippen LogP contribution in [0.3, 0.4) is 0 Å². The number of anilines is 1. The van der Waals surface area contributed by atoms with Crippen molar-refractivity contribution in [2.45, 2.75) is 13.3 Å². The van der Waals surface area contributed by atoms with Crippen LogP contribution in [0, 0.1) is 12.8 Å². The summed E-state index contributed by atoms with van der Waals surface area (Å²) in [6.45, 7) is 5.12. The topological polar surface area (TPSA) is 41.1 Å². The summed E-state index contributed by atoms with van der Waals surface area (Å²) in [5, 5.41) is 3.87. The van der Waals surface area contributed by atoms with Crippen LogP contribution in [0.25, 0.3) is 0 Å². The van der Waals surface area contributed by atoms with Gasteiger partial charge in [-0.2, -0.15) is 0 Å². The summed E-state index contributed by atoms with van der Waals surface area (Å²) in [6.07, 6.45) is 1.23. The van der Waals surface area contributed by atoms with Crippen LogP contribution in [0.1, 0.15) is 12.1 Å². The molecular formula is C11H17ClN4. The summed E-state index contributed by atoms with van der Waals surface area (Å²) in [6, 6.07) is 1.77. The van der Waals surface area contributed by atoms with Crippen LogP contribution in [-0.4, -0.2) is 36.6 Å². The Hall–Kier alpha value is -0.870. The van der Waals surface area contributed by atoms with Crippen LogP contribution in [-0.2, 0) is 0 Å². The van der Waals surface area contributed by atoms with Gasteiger partial charge in [-0.1, -0.05) is 11.6 Å². The third-order valence-electron chi connectivity index (χ3n) is 2.85. The second-order valence-electron chi connectivity index (χ2n) is 4.37. The summed E-state index contributed by atoms with van der Waals surface area (Å²) in [5.74, 6) is 1.41. The molecule has 0 amide bonds. The van der Waals surface area contributed by atoms with Crippen molar-refractivity contribution in [1.29, 1.82) is 0 Å². The molecule has 1 unspecified atom stereocenters. The maximum absolute atomic E-state index is 5.92. The lowest BCUT2D eigenvalue weighted by Gasteiger charge is -2.20. The minimum Gasteiger partial charge on any atom is -0.344 e. The molecule has 0 saturated carbocycles. The molecule has 1 aromatic rings. The fraction of sp³-hybridized carbons (Fsp3) is 0.636. The van der Waals surface area contributed by atoms with Gasteiger partial charge in [-0.3, -0.25) is 0 Å². The molecule has 0 aromatic carbocycles. The molecule has 1 aliphatic rings. The zero-order valence-corrected chi connectivity index (χ0v) is 10.5. The SMILES string of the molecule is Cc1cc(Cl)nc(N(C)CC2CCNC2)n1. The molecule has 16 heavy (non-hydrogen) atoms. The molecular weight excluding hydrogens is 224 g/mol. The fourth-order valence-electron chi connectivity index (χ4n) is 2.03. The molecule has 4 nitrogen and oxygen atoms in total. The first-order valence-corrected chi connectivity index (χ1v) is 5.96. The van der Waals surface area contributed by atoms with E-state index in [1.54, 1.807) is 6.07 Å². The van der Waals surface area contributed by atoms with E-state index in [1.807, 2.05) is 14.0 Å². The molecule has 2 heterocycles. The summed E-state index contributed by atoms with van der Waals surface area (Å²) >= 11 is 5.92. The van der Waals surface area contributed by atoms with E-state index >= 15 is 0 Å². The van der Waals surface area contributed by atoms with Crippen molar-refractivity contribution in [3.05, 3.63) is 16.9 Å². The first kappa shape index (κ1) is 11.6. The highest BCUT2D eigenvalue weighted by atomic mass is 35.5. The van der Waals surface area contributed by atoms with Crippen LogP contribution in [0.2, 0.25) is 5.15 Å². The fourth-order valence-corrected chi connectivity index (χ4v) is 2.26. The number of halogens is 1. The van der Waals surface area contributed by atoms with Crippen LogP contribution in [0.15, 0.2) is 6.07 Å². The Morgan fingerprint density at radius 3 is 3.00 bits per heavy atom. The van der Waals surface area contributed by atoms with Gasteiger partial charge in [0.25, 0.3) is 0 Å². The molecule has 1 fully saturated rings. The van der Waals surface area contributed by atoms with Crippen LogP contribution >= 0.6 is 11.6 Å².